The van der Waals surface area contributed by atoms with Gasteiger partial charge in [-0.25, -0.2) is 4.79 Å². The molecule has 194 valence electrons. The zero-order valence-electron chi connectivity index (χ0n) is 20.4. The fourth-order valence-corrected chi connectivity index (χ4v) is 6.61. The number of alkyl halides is 3. The molecule has 36 heavy (non-hydrogen) atoms. The Morgan fingerprint density at radius 1 is 1.14 bits per heavy atom. The Bertz CT molecular complexity index is 1130. The zero-order valence-corrected chi connectivity index (χ0v) is 22.0. The molecule has 2 aliphatic rings. The first-order chi connectivity index (χ1) is 17.1. The number of fused-ring (bicyclic) bond motifs is 2. The van der Waals surface area contributed by atoms with Crippen LogP contribution in [0.25, 0.3) is 0 Å². The molecule has 9 heteroatoms. The molecule has 0 N–H and O–H groups in total. The number of rotatable bonds is 5. The van der Waals surface area contributed by atoms with Crippen LogP contribution < -0.4 is 0 Å². The van der Waals surface area contributed by atoms with Crippen molar-refractivity contribution in [2.24, 2.45) is 0 Å². The maximum atomic E-state index is 13.4. The average Bonchev–Trinajstić information content (AvgIpc) is 3.12. The second-order valence-corrected chi connectivity index (χ2v) is 10.5. The number of carbonyl (C=O) groups excluding carboxylic acids is 2. The van der Waals surface area contributed by atoms with Crippen LogP contribution in [0.1, 0.15) is 60.8 Å². The number of likely N-dealkylation sites (tertiary alicyclic amines) is 1. The summed E-state index contributed by atoms with van der Waals surface area (Å²) in [6.07, 6.45) is -1.90. The molecular weight excluding hydrogens is 537 g/mol. The van der Waals surface area contributed by atoms with Gasteiger partial charge >= 0.3 is 18.2 Å². The maximum Gasteiger partial charge on any atom is 0.416 e. The van der Waals surface area contributed by atoms with Gasteiger partial charge in [0.2, 0.25) is 0 Å². The number of hydrogen-bond donors (Lipinski definition) is 0. The van der Waals surface area contributed by atoms with Crippen molar-refractivity contribution < 1.29 is 27.5 Å². The maximum absolute atomic E-state index is 13.4. The number of carbonyl (C=O) groups is 2. The molecule has 0 aromatic heterocycles. The van der Waals surface area contributed by atoms with Crippen LogP contribution in [-0.4, -0.2) is 48.5 Å². The van der Waals surface area contributed by atoms with Gasteiger partial charge in [0, 0.05) is 36.6 Å². The molecule has 1 unspecified atom stereocenters. The SMILES string of the molecule is CCOC(=O)CC1CC2(CCN(C(=O)N(C)Cc3ccccc3C(F)(F)F)CC2)c2c(Br)cccc21. The lowest BCUT2D eigenvalue weighted by molar-refractivity contribution is -0.143. The van der Waals surface area contributed by atoms with E-state index in [1.807, 2.05) is 12.1 Å². The summed E-state index contributed by atoms with van der Waals surface area (Å²) >= 11 is 3.71. The monoisotopic (exact) mass is 566 g/mol. The number of piperidine rings is 1. The summed E-state index contributed by atoms with van der Waals surface area (Å²) in [6.45, 7) is 3.02. The third kappa shape index (κ3) is 5.26. The molecule has 0 bridgehead atoms. The van der Waals surface area contributed by atoms with Crippen LogP contribution in [0.5, 0.6) is 0 Å². The van der Waals surface area contributed by atoms with E-state index in [1.165, 1.54) is 29.6 Å². The van der Waals surface area contributed by atoms with Crippen LogP contribution >= 0.6 is 15.9 Å². The van der Waals surface area contributed by atoms with Gasteiger partial charge in [0.05, 0.1) is 18.6 Å². The van der Waals surface area contributed by atoms with E-state index in [9.17, 15) is 22.8 Å². The Morgan fingerprint density at radius 2 is 1.83 bits per heavy atom. The Hall–Kier alpha value is -2.55. The third-order valence-electron chi connectivity index (χ3n) is 7.42. The highest BCUT2D eigenvalue weighted by atomic mass is 79.9. The fourth-order valence-electron chi connectivity index (χ4n) is 5.81. The van der Waals surface area contributed by atoms with Gasteiger partial charge in [0.25, 0.3) is 0 Å². The van der Waals surface area contributed by atoms with E-state index >= 15 is 0 Å². The number of esters is 1. The van der Waals surface area contributed by atoms with E-state index in [4.69, 9.17) is 4.74 Å². The molecule has 0 saturated carbocycles. The number of halogens is 4. The van der Waals surface area contributed by atoms with Crippen molar-refractivity contribution in [2.75, 3.05) is 26.7 Å². The topological polar surface area (TPSA) is 49.9 Å². The molecular formula is C27H30BrF3N2O3. The predicted octanol–water partition coefficient (Wildman–Crippen LogP) is 6.49. The lowest BCUT2D eigenvalue weighted by atomic mass is 9.73. The highest BCUT2D eigenvalue weighted by Crippen LogP contribution is 2.55. The number of benzene rings is 2. The number of urea groups is 1. The number of nitrogens with zero attached hydrogens (tertiary/aromatic N) is 2. The molecule has 2 aromatic rings. The van der Waals surface area contributed by atoms with Gasteiger partial charge in [-0.2, -0.15) is 13.2 Å². The quantitative estimate of drug-likeness (QED) is 0.388. The van der Waals surface area contributed by atoms with E-state index in [0.29, 0.717) is 26.1 Å². The van der Waals surface area contributed by atoms with Gasteiger partial charge in [-0.05, 0) is 60.9 Å². The summed E-state index contributed by atoms with van der Waals surface area (Å²) in [7, 11) is 1.54. The van der Waals surface area contributed by atoms with E-state index in [2.05, 4.69) is 22.0 Å². The number of amides is 2. The molecule has 1 aliphatic carbocycles. The van der Waals surface area contributed by atoms with Crippen LogP contribution in [0.15, 0.2) is 46.9 Å². The predicted molar refractivity (Wildman–Crippen MR) is 134 cm³/mol. The fraction of sp³-hybridized carbons (Fsp3) is 0.481. The molecule has 0 radical (unpaired) electrons. The lowest BCUT2D eigenvalue weighted by Crippen LogP contribution is -2.48. The van der Waals surface area contributed by atoms with Crippen molar-refractivity contribution in [1.82, 2.24) is 9.80 Å². The Labute approximate surface area is 217 Å². The second-order valence-electron chi connectivity index (χ2n) is 9.68. The zero-order chi connectivity index (χ0) is 26.1. The van der Waals surface area contributed by atoms with Gasteiger partial charge in [-0.15, -0.1) is 0 Å². The minimum absolute atomic E-state index is 0.0559. The lowest BCUT2D eigenvalue weighted by Gasteiger charge is -2.42. The minimum atomic E-state index is -4.47. The van der Waals surface area contributed by atoms with E-state index < -0.39 is 11.7 Å². The molecule has 5 nitrogen and oxygen atoms in total. The first-order valence-electron chi connectivity index (χ1n) is 12.2. The first kappa shape index (κ1) is 26.5. The Morgan fingerprint density at radius 3 is 2.50 bits per heavy atom. The molecule has 1 aliphatic heterocycles. The summed E-state index contributed by atoms with van der Waals surface area (Å²) in [5, 5.41) is 0. The van der Waals surface area contributed by atoms with E-state index in [1.54, 1.807) is 17.9 Å². The van der Waals surface area contributed by atoms with Crippen molar-refractivity contribution >= 4 is 27.9 Å². The van der Waals surface area contributed by atoms with Gasteiger partial charge in [-0.1, -0.05) is 46.3 Å². The highest BCUT2D eigenvalue weighted by Gasteiger charge is 2.47. The second kappa shape index (κ2) is 10.4. The summed E-state index contributed by atoms with van der Waals surface area (Å²) < 4.78 is 46.4. The van der Waals surface area contributed by atoms with Crippen molar-refractivity contribution in [3.63, 3.8) is 0 Å². The Kier molecular flexibility index (Phi) is 7.69. The van der Waals surface area contributed by atoms with Gasteiger partial charge in [0.15, 0.2) is 0 Å². The molecule has 1 saturated heterocycles. The molecule has 2 aromatic carbocycles. The van der Waals surface area contributed by atoms with Gasteiger partial charge in [0.1, 0.15) is 0 Å². The number of ether oxygens (including phenoxy) is 1. The molecule has 1 spiro atoms. The molecule has 2 amide bonds. The van der Waals surface area contributed by atoms with E-state index in [0.717, 1.165) is 35.4 Å². The Balaban J connectivity index is 1.46. The average molecular weight is 567 g/mol. The van der Waals surface area contributed by atoms with E-state index in [-0.39, 0.29) is 35.4 Å². The van der Waals surface area contributed by atoms with Crippen molar-refractivity contribution in [3.05, 3.63) is 69.2 Å². The molecule has 4 rings (SSSR count). The minimum Gasteiger partial charge on any atom is -0.466 e. The van der Waals surface area contributed by atoms with Gasteiger partial charge in [-0.3, -0.25) is 4.79 Å². The van der Waals surface area contributed by atoms with Gasteiger partial charge < -0.3 is 14.5 Å². The summed E-state index contributed by atoms with van der Waals surface area (Å²) in [4.78, 5) is 28.5. The van der Waals surface area contributed by atoms with Crippen LogP contribution in [-0.2, 0) is 27.7 Å². The normalized spacial score (nSPS) is 18.7. The van der Waals surface area contributed by atoms with Crippen molar-refractivity contribution in [2.45, 2.75) is 56.7 Å². The molecule has 1 heterocycles. The number of hydrogen-bond acceptors (Lipinski definition) is 3. The van der Waals surface area contributed by atoms with Crippen LogP contribution in [0.2, 0.25) is 0 Å². The van der Waals surface area contributed by atoms with Crippen molar-refractivity contribution in [1.29, 1.82) is 0 Å². The van der Waals surface area contributed by atoms with Crippen molar-refractivity contribution in [3.8, 4) is 0 Å². The third-order valence-corrected chi connectivity index (χ3v) is 8.08. The van der Waals surface area contributed by atoms with Crippen LogP contribution in [0.4, 0.5) is 18.0 Å². The molecule has 1 atom stereocenters. The largest absolute Gasteiger partial charge is 0.466 e. The molecule has 1 fully saturated rings. The summed E-state index contributed by atoms with van der Waals surface area (Å²) in [5.41, 5.74) is 1.55. The smallest absolute Gasteiger partial charge is 0.416 e. The first-order valence-corrected chi connectivity index (χ1v) is 12.9. The summed E-state index contributed by atoms with van der Waals surface area (Å²) in [5.74, 6) is -0.154. The van der Waals surface area contributed by atoms with Crippen LogP contribution in [0, 0.1) is 0 Å². The summed E-state index contributed by atoms with van der Waals surface area (Å²) in [6, 6.07) is 11.1. The highest BCUT2D eigenvalue weighted by molar-refractivity contribution is 9.10. The van der Waals surface area contributed by atoms with Crippen LogP contribution in [0.3, 0.4) is 0 Å². The standard InChI is InChI=1S/C27H30BrF3N2O3/c1-3-36-23(34)15-19-16-26(24-20(19)8-6-10-22(24)28)11-13-33(14-12-26)25(35)32(2)17-18-7-4-5-9-21(18)27(29,30)31/h4-10,19H,3,11-17H2,1-2H3.